The second kappa shape index (κ2) is 6.04. The summed E-state index contributed by atoms with van der Waals surface area (Å²) < 4.78 is 5.32. The Bertz CT molecular complexity index is 780. The van der Waals surface area contributed by atoms with Gasteiger partial charge >= 0.3 is 0 Å². The molecule has 0 spiro atoms. The van der Waals surface area contributed by atoms with Gasteiger partial charge in [0.05, 0.1) is 16.9 Å². The van der Waals surface area contributed by atoms with E-state index >= 15 is 0 Å². The lowest BCUT2D eigenvalue weighted by molar-refractivity contribution is -0.150. The van der Waals surface area contributed by atoms with Gasteiger partial charge in [0.15, 0.2) is 6.61 Å². The molecule has 3 aliphatic rings. The summed E-state index contributed by atoms with van der Waals surface area (Å²) in [5.41, 5.74) is 2.35. The molecule has 8 heteroatoms. The highest BCUT2D eigenvalue weighted by Crippen LogP contribution is 2.52. The molecule has 130 valence electrons. The summed E-state index contributed by atoms with van der Waals surface area (Å²) in [7, 11) is 0. The second-order valence-electron chi connectivity index (χ2n) is 6.41. The van der Waals surface area contributed by atoms with E-state index < -0.39 is 5.91 Å². The van der Waals surface area contributed by atoms with Gasteiger partial charge in [-0.15, -0.1) is 0 Å². The Morgan fingerprint density at radius 3 is 2.40 bits per heavy atom. The number of hydrogen-bond donors (Lipinski definition) is 1. The zero-order valence-corrected chi connectivity index (χ0v) is 14.5. The quantitative estimate of drug-likeness (QED) is 0.641. The number of allylic oxidation sites excluding steroid dienone is 2. The number of halogens is 2. The smallest absolute Gasteiger partial charge is 0.276 e. The van der Waals surface area contributed by atoms with Crippen LogP contribution in [0, 0.1) is 23.7 Å². The number of carbonyl (C=O) groups is 3. The number of amides is 3. The van der Waals surface area contributed by atoms with Crippen molar-refractivity contribution in [2.45, 2.75) is 6.42 Å². The van der Waals surface area contributed by atoms with E-state index in [1.165, 1.54) is 12.1 Å². The first-order valence-electron chi connectivity index (χ1n) is 7.89. The van der Waals surface area contributed by atoms with Crippen LogP contribution in [0.3, 0.4) is 0 Å². The number of carbonyl (C=O) groups excluding carboxylic acids is 3. The van der Waals surface area contributed by atoms with Crippen molar-refractivity contribution in [1.29, 1.82) is 0 Å². The van der Waals surface area contributed by atoms with E-state index in [9.17, 15) is 14.4 Å². The molecule has 0 radical (unpaired) electrons. The molecule has 4 atom stereocenters. The van der Waals surface area contributed by atoms with Gasteiger partial charge in [0.25, 0.3) is 17.7 Å². The predicted octanol–water partition coefficient (Wildman–Crippen LogP) is 2.21. The summed E-state index contributed by atoms with van der Waals surface area (Å²) in [6, 6.07) is 4.61. The zero-order valence-electron chi connectivity index (χ0n) is 12.9. The molecule has 1 saturated carbocycles. The Balaban J connectivity index is 1.38. The Hall–Kier alpha value is -2.05. The number of ether oxygens (including phenoxy) is 1. The van der Waals surface area contributed by atoms with E-state index in [0.29, 0.717) is 10.8 Å². The molecule has 6 nitrogen and oxygen atoms in total. The molecule has 2 fully saturated rings. The first kappa shape index (κ1) is 16.4. The average molecular weight is 381 g/mol. The van der Waals surface area contributed by atoms with Gasteiger partial charge in [0.1, 0.15) is 5.75 Å². The first-order valence-corrected chi connectivity index (χ1v) is 8.65. The van der Waals surface area contributed by atoms with Crippen LogP contribution in [0.15, 0.2) is 30.4 Å². The lowest BCUT2D eigenvalue weighted by Crippen LogP contribution is -2.48. The molecule has 25 heavy (non-hydrogen) atoms. The second-order valence-corrected chi connectivity index (χ2v) is 7.25. The molecule has 4 rings (SSSR count). The van der Waals surface area contributed by atoms with Crippen LogP contribution < -0.4 is 10.2 Å². The van der Waals surface area contributed by atoms with Crippen molar-refractivity contribution in [2.24, 2.45) is 23.7 Å². The molecule has 1 N–H and O–H groups in total. The monoisotopic (exact) mass is 380 g/mol. The number of nitrogens with one attached hydrogen (secondary N) is 1. The van der Waals surface area contributed by atoms with Gasteiger partial charge in [-0.2, -0.15) is 5.01 Å². The molecule has 0 unspecified atom stereocenters. The fourth-order valence-corrected chi connectivity index (χ4v) is 4.37. The average Bonchev–Trinajstić information content (AvgIpc) is 3.24. The highest BCUT2D eigenvalue weighted by Gasteiger charge is 2.59. The van der Waals surface area contributed by atoms with Crippen LogP contribution >= 0.6 is 23.2 Å². The van der Waals surface area contributed by atoms with Crippen LogP contribution in [0.2, 0.25) is 10.0 Å². The third-order valence-electron chi connectivity index (χ3n) is 4.96. The highest BCUT2D eigenvalue weighted by molar-refractivity contribution is 6.35. The van der Waals surface area contributed by atoms with E-state index in [1.54, 1.807) is 6.07 Å². The summed E-state index contributed by atoms with van der Waals surface area (Å²) in [5, 5.41) is 1.56. The largest absolute Gasteiger partial charge is 0.482 e. The summed E-state index contributed by atoms with van der Waals surface area (Å²) in [6.45, 7) is -0.376. The number of imide groups is 1. The summed E-state index contributed by atoms with van der Waals surface area (Å²) in [4.78, 5) is 37.0. The van der Waals surface area contributed by atoms with Crippen molar-refractivity contribution in [3.63, 3.8) is 0 Å². The molecule has 1 aromatic carbocycles. The van der Waals surface area contributed by atoms with Crippen LogP contribution in [0.4, 0.5) is 0 Å². The van der Waals surface area contributed by atoms with Gasteiger partial charge < -0.3 is 4.74 Å². The fourth-order valence-electron chi connectivity index (χ4n) is 3.91. The Morgan fingerprint density at radius 2 is 1.80 bits per heavy atom. The van der Waals surface area contributed by atoms with Gasteiger partial charge in [-0.1, -0.05) is 35.4 Å². The molecule has 2 aliphatic carbocycles. The van der Waals surface area contributed by atoms with E-state index in [2.05, 4.69) is 5.43 Å². The van der Waals surface area contributed by atoms with E-state index in [0.717, 1.165) is 11.4 Å². The van der Waals surface area contributed by atoms with Crippen LogP contribution in [-0.4, -0.2) is 29.3 Å². The Kier molecular flexibility index (Phi) is 3.96. The number of hydrazine groups is 1. The van der Waals surface area contributed by atoms with Crippen molar-refractivity contribution < 1.29 is 19.1 Å². The van der Waals surface area contributed by atoms with Gasteiger partial charge in [0.2, 0.25) is 0 Å². The minimum absolute atomic E-state index is 0.0949. The fraction of sp³-hybridized carbons (Fsp3) is 0.353. The van der Waals surface area contributed by atoms with Crippen molar-refractivity contribution >= 4 is 40.9 Å². The minimum atomic E-state index is -0.604. The first-order chi connectivity index (χ1) is 12.0. The predicted molar refractivity (Wildman–Crippen MR) is 89.7 cm³/mol. The molecule has 1 aromatic rings. The van der Waals surface area contributed by atoms with Gasteiger partial charge in [-0.3, -0.25) is 19.8 Å². The SMILES string of the molecule is O=C(COc1ccc(Cl)cc1Cl)NN1C(=O)[C@@H]2[C@H](C1=O)[C@H]1C=C[C@H]2C1. The van der Waals surface area contributed by atoms with Gasteiger partial charge in [0, 0.05) is 5.02 Å². The molecule has 0 aromatic heterocycles. The van der Waals surface area contributed by atoms with Crippen LogP contribution in [-0.2, 0) is 14.4 Å². The van der Waals surface area contributed by atoms with E-state index in [-0.39, 0.29) is 47.1 Å². The third-order valence-corrected chi connectivity index (χ3v) is 5.49. The van der Waals surface area contributed by atoms with Crippen LogP contribution in [0.1, 0.15) is 6.42 Å². The normalized spacial score (nSPS) is 29.3. The Labute approximate surface area is 153 Å². The lowest BCUT2D eigenvalue weighted by atomic mass is 9.85. The van der Waals surface area contributed by atoms with Crippen molar-refractivity contribution in [1.82, 2.24) is 10.4 Å². The molecule has 1 heterocycles. The summed E-state index contributed by atoms with van der Waals surface area (Å²) in [5.74, 6) is -1.51. The van der Waals surface area contributed by atoms with Gasteiger partial charge in [-0.05, 0) is 36.5 Å². The van der Waals surface area contributed by atoms with E-state index in [4.69, 9.17) is 27.9 Å². The number of hydrogen-bond acceptors (Lipinski definition) is 4. The van der Waals surface area contributed by atoms with Crippen molar-refractivity contribution in [3.05, 3.63) is 40.4 Å². The van der Waals surface area contributed by atoms with Crippen LogP contribution in [0.25, 0.3) is 0 Å². The molecule has 3 amide bonds. The molecule has 1 aliphatic heterocycles. The molecule has 2 bridgehead atoms. The van der Waals surface area contributed by atoms with Gasteiger partial charge in [-0.25, -0.2) is 0 Å². The maximum Gasteiger partial charge on any atom is 0.276 e. The van der Waals surface area contributed by atoms with Crippen LogP contribution in [0.5, 0.6) is 5.75 Å². The molecule has 1 saturated heterocycles. The zero-order chi connectivity index (χ0) is 17.7. The highest BCUT2D eigenvalue weighted by atomic mass is 35.5. The topological polar surface area (TPSA) is 75.7 Å². The Morgan fingerprint density at radius 1 is 1.16 bits per heavy atom. The van der Waals surface area contributed by atoms with E-state index in [1.807, 2.05) is 12.2 Å². The van der Waals surface area contributed by atoms with Crippen molar-refractivity contribution in [3.8, 4) is 5.75 Å². The summed E-state index contributed by atoms with van der Waals surface area (Å²) >= 11 is 11.8. The molecular weight excluding hydrogens is 367 g/mol. The third kappa shape index (κ3) is 2.69. The number of fused-ring (bicyclic) bond motifs is 5. The van der Waals surface area contributed by atoms with Crippen molar-refractivity contribution in [2.75, 3.05) is 6.61 Å². The molecular formula is C17H14Cl2N2O4. The number of benzene rings is 1. The minimum Gasteiger partial charge on any atom is -0.482 e. The standard InChI is InChI=1S/C17H14Cl2N2O4/c18-10-3-4-12(11(19)6-10)25-7-13(22)20-21-16(23)14-8-1-2-9(5-8)15(14)17(21)24/h1-4,6,8-9,14-15H,5,7H2,(H,20,22)/t8-,9-,14-,15+/m0/s1. The maximum atomic E-state index is 12.5. The number of rotatable bonds is 4. The lowest BCUT2D eigenvalue weighted by Gasteiger charge is -2.18. The number of nitrogens with zero attached hydrogens (tertiary/aromatic N) is 1. The summed E-state index contributed by atoms with van der Waals surface area (Å²) in [6.07, 6.45) is 4.83. The maximum absolute atomic E-state index is 12.5.